The number of hydrogen-bond donors (Lipinski definition) is 0. The minimum atomic E-state index is -3.13. The van der Waals surface area contributed by atoms with Gasteiger partial charge in [0.05, 0.1) is 18.3 Å². The number of ether oxygens (including phenoxy) is 1. The molecule has 23 heavy (non-hydrogen) atoms. The Bertz CT molecular complexity index is 797. The van der Waals surface area contributed by atoms with Crippen molar-refractivity contribution in [1.29, 1.82) is 0 Å². The third-order valence-corrected chi connectivity index (χ3v) is 6.29. The third-order valence-electron chi connectivity index (χ3n) is 3.86. The molecule has 1 unspecified atom stereocenters. The fraction of sp³-hybridized carbons (Fsp3) is 0.278. The summed E-state index contributed by atoms with van der Waals surface area (Å²) in [7, 11) is -3.13. The Morgan fingerprint density at radius 1 is 1.17 bits per heavy atom. The van der Waals surface area contributed by atoms with Gasteiger partial charge in [0.25, 0.3) is 7.37 Å². The highest BCUT2D eigenvalue weighted by molar-refractivity contribution is 7.67. The molecule has 4 nitrogen and oxygen atoms in total. The van der Waals surface area contributed by atoms with Crippen LogP contribution in [0.2, 0.25) is 0 Å². The van der Waals surface area contributed by atoms with E-state index in [2.05, 4.69) is 0 Å². The van der Waals surface area contributed by atoms with Crippen molar-refractivity contribution in [1.82, 2.24) is 0 Å². The van der Waals surface area contributed by atoms with Gasteiger partial charge in [0.1, 0.15) is 5.75 Å². The number of benzene rings is 2. The fourth-order valence-corrected chi connectivity index (χ4v) is 5.04. The molecule has 0 saturated heterocycles. The minimum absolute atomic E-state index is 0.0840. The Labute approximate surface area is 135 Å². The molecule has 120 valence electrons. The van der Waals surface area contributed by atoms with Crippen LogP contribution in [0.5, 0.6) is 5.75 Å². The van der Waals surface area contributed by atoms with E-state index in [0.29, 0.717) is 17.7 Å². The first-order valence-electron chi connectivity index (χ1n) is 7.68. The number of rotatable bonds is 4. The van der Waals surface area contributed by atoms with Gasteiger partial charge in [-0.2, -0.15) is 0 Å². The largest absolute Gasteiger partial charge is 0.466 e. The second-order valence-corrected chi connectivity index (χ2v) is 8.02. The maximum Gasteiger partial charge on any atom is 0.306 e. The minimum Gasteiger partial charge on any atom is -0.466 e. The van der Waals surface area contributed by atoms with Crippen molar-refractivity contribution >= 4 is 18.6 Å². The van der Waals surface area contributed by atoms with Crippen molar-refractivity contribution in [3.8, 4) is 16.9 Å². The zero-order chi connectivity index (χ0) is 16.4. The van der Waals surface area contributed by atoms with Gasteiger partial charge in [-0.05, 0) is 37.6 Å². The highest BCUT2D eigenvalue weighted by Crippen LogP contribution is 2.54. The van der Waals surface area contributed by atoms with Crippen LogP contribution in [0, 0.1) is 6.92 Å². The average molecular weight is 330 g/mol. The van der Waals surface area contributed by atoms with Crippen LogP contribution in [0.3, 0.4) is 0 Å². The van der Waals surface area contributed by atoms with Crippen molar-refractivity contribution in [3.63, 3.8) is 0 Å². The summed E-state index contributed by atoms with van der Waals surface area (Å²) in [6.07, 6.45) is 0.233. The molecule has 0 spiro atoms. The monoisotopic (exact) mass is 330 g/mol. The lowest BCUT2D eigenvalue weighted by Crippen LogP contribution is -2.21. The van der Waals surface area contributed by atoms with Crippen LogP contribution >= 0.6 is 7.37 Å². The molecule has 0 radical (unpaired) electrons. The van der Waals surface area contributed by atoms with Crippen molar-refractivity contribution in [2.75, 3.05) is 12.8 Å². The van der Waals surface area contributed by atoms with Gasteiger partial charge >= 0.3 is 5.97 Å². The molecule has 0 N–H and O–H groups in total. The lowest BCUT2D eigenvalue weighted by atomic mass is 10.0. The molecule has 3 rings (SSSR count). The molecule has 0 bridgehead atoms. The summed E-state index contributed by atoms with van der Waals surface area (Å²) in [6, 6.07) is 13.4. The van der Waals surface area contributed by atoms with Crippen molar-refractivity contribution in [2.24, 2.45) is 0 Å². The van der Waals surface area contributed by atoms with E-state index >= 15 is 0 Å². The molecule has 1 heterocycles. The summed E-state index contributed by atoms with van der Waals surface area (Å²) in [5, 5.41) is 0.683. The Hall–Kier alpha value is -2.06. The van der Waals surface area contributed by atoms with Crippen molar-refractivity contribution in [2.45, 2.75) is 20.3 Å². The second kappa shape index (κ2) is 6.21. The highest BCUT2D eigenvalue weighted by Gasteiger charge is 2.36. The van der Waals surface area contributed by atoms with Gasteiger partial charge in [-0.25, -0.2) is 0 Å². The van der Waals surface area contributed by atoms with E-state index in [1.165, 1.54) is 0 Å². The zero-order valence-corrected chi connectivity index (χ0v) is 14.1. The van der Waals surface area contributed by atoms with Crippen LogP contribution in [0.4, 0.5) is 0 Å². The lowest BCUT2D eigenvalue weighted by molar-refractivity contribution is -0.142. The van der Waals surface area contributed by atoms with Gasteiger partial charge in [-0.1, -0.05) is 29.8 Å². The first-order valence-corrected chi connectivity index (χ1v) is 9.49. The van der Waals surface area contributed by atoms with Gasteiger partial charge < -0.3 is 9.26 Å². The van der Waals surface area contributed by atoms with Gasteiger partial charge in [0.15, 0.2) is 0 Å². The summed E-state index contributed by atoms with van der Waals surface area (Å²) in [5.74, 6) is 0.264. The number of esters is 1. The van der Waals surface area contributed by atoms with Crippen LogP contribution in [-0.4, -0.2) is 18.7 Å². The molecule has 0 aliphatic carbocycles. The molecule has 0 aromatic heterocycles. The van der Waals surface area contributed by atoms with E-state index in [1.807, 2.05) is 49.4 Å². The normalized spacial score (nSPS) is 18.5. The van der Waals surface area contributed by atoms with Crippen molar-refractivity contribution in [3.05, 3.63) is 48.0 Å². The predicted octanol–water partition coefficient (Wildman–Crippen LogP) is 3.91. The number of aryl methyl sites for hydroxylation is 1. The van der Waals surface area contributed by atoms with Gasteiger partial charge in [-0.3, -0.25) is 9.36 Å². The number of carbonyl (C=O) groups excluding carboxylic acids is 1. The van der Waals surface area contributed by atoms with Crippen molar-refractivity contribution < 1.29 is 18.6 Å². The van der Waals surface area contributed by atoms with E-state index in [-0.39, 0.29) is 18.6 Å². The molecular formula is C18H19O4P. The first kappa shape index (κ1) is 15.8. The van der Waals surface area contributed by atoms with Crippen LogP contribution < -0.4 is 9.83 Å². The van der Waals surface area contributed by atoms with E-state index in [9.17, 15) is 9.36 Å². The van der Waals surface area contributed by atoms with Crippen LogP contribution in [0.25, 0.3) is 11.1 Å². The van der Waals surface area contributed by atoms with E-state index in [0.717, 1.165) is 16.7 Å². The average Bonchev–Trinajstić information content (AvgIpc) is 2.55. The zero-order valence-electron chi connectivity index (χ0n) is 13.2. The lowest BCUT2D eigenvalue weighted by Gasteiger charge is -2.28. The first-order chi connectivity index (χ1) is 11.0. The maximum absolute atomic E-state index is 13.4. The summed E-state index contributed by atoms with van der Waals surface area (Å²) < 4.78 is 24.2. The van der Waals surface area contributed by atoms with Gasteiger partial charge in [-0.15, -0.1) is 0 Å². The maximum atomic E-state index is 13.4. The van der Waals surface area contributed by atoms with E-state index in [1.54, 1.807) is 6.92 Å². The predicted molar refractivity (Wildman–Crippen MR) is 90.6 cm³/mol. The molecule has 0 saturated carbocycles. The molecule has 1 aliphatic heterocycles. The molecule has 2 aromatic rings. The molecule has 1 atom stereocenters. The Morgan fingerprint density at radius 2 is 1.96 bits per heavy atom. The quantitative estimate of drug-likeness (QED) is 0.630. The van der Waals surface area contributed by atoms with E-state index in [4.69, 9.17) is 9.26 Å². The number of hydrogen-bond acceptors (Lipinski definition) is 4. The molecule has 0 amide bonds. The Morgan fingerprint density at radius 3 is 2.74 bits per heavy atom. The Kier molecular flexibility index (Phi) is 4.27. The fourth-order valence-electron chi connectivity index (χ4n) is 2.78. The Balaban J connectivity index is 2.00. The van der Waals surface area contributed by atoms with Gasteiger partial charge in [0.2, 0.25) is 0 Å². The SMILES string of the molecule is CCOC(=O)CCP1(=O)Oc2ccc(C)cc2-c2ccccc21. The molecule has 5 heteroatoms. The molecule has 0 fully saturated rings. The second-order valence-electron chi connectivity index (χ2n) is 5.56. The number of carbonyl (C=O) groups is 1. The van der Waals surface area contributed by atoms with Crippen LogP contribution in [-0.2, 0) is 14.1 Å². The molecular weight excluding hydrogens is 311 g/mol. The smallest absolute Gasteiger partial charge is 0.306 e. The number of fused-ring (bicyclic) bond motifs is 3. The standard InChI is InChI=1S/C18H19O4P/c1-3-21-18(19)10-11-23(20)17-7-5-4-6-14(17)15-12-13(2)8-9-16(15)22-23/h4-9,12H,3,10-11H2,1-2H3. The van der Waals surface area contributed by atoms with Crippen LogP contribution in [0.15, 0.2) is 42.5 Å². The topological polar surface area (TPSA) is 52.6 Å². The summed E-state index contributed by atoms with van der Waals surface area (Å²) in [6.45, 7) is 4.09. The summed E-state index contributed by atoms with van der Waals surface area (Å²) in [4.78, 5) is 11.6. The highest BCUT2D eigenvalue weighted by atomic mass is 31.2. The van der Waals surface area contributed by atoms with Crippen LogP contribution in [0.1, 0.15) is 18.9 Å². The summed E-state index contributed by atoms with van der Waals surface area (Å²) >= 11 is 0. The van der Waals surface area contributed by atoms with E-state index < -0.39 is 7.37 Å². The van der Waals surface area contributed by atoms with Gasteiger partial charge in [0, 0.05) is 11.7 Å². The molecule has 1 aliphatic rings. The molecule has 2 aromatic carbocycles. The third kappa shape index (κ3) is 3.04. The summed E-state index contributed by atoms with van der Waals surface area (Å²) in [5.41, 5.74) is 2.98.